The van der Waals surface area contributed by atoms with Crippen LogP contribution in [0.15, 0.2) is 30.3 Å². The molecule has 1 aliphatic heterocycles. The summed E-state index contributed by atoms with van der Waals surface area (Å²) in [6.07, 6.45) is -3.28. The first-order valence-electron chi connectivity index (χ1n) is 9.07. The predicted octanol–water partition coefficient (Wildman–Crippen LogP) is 1.56. The van der Waals surface area contributed by atoms with Crippen LogP contribution in [0.1, 0.15) is 37.6 Å². The van der Waals surface area contributed by atoms with E-state index in [1.165, 1.54) is 4.90 Å². The molecule has 0 aliphatic carbocycles. The van der Waals surface area contributed by atoms with Gasteiger partial charge in [-0.25, -0.2) is 9.59 Å². The van der Waals surface area contributed by atoms with E-state index in [9.17, 15) is 19.2 Å². The van der Waals surface area contributed by atoms with Crippen molar-refractivity contribution in [1.29, 1.82) is 0 Å². The van der Waals surface area contributed by atoms with E-state index in [1.807, 2.05) is 0 Å². The summed E-state index contributed by atoms with van der Waals surface area (Å²) in [5.41, 5.74) is -0.276. The molecule has 1 saturated heterocycles. The van der Waals surface area contributed by atoms with Crippen molar-refractivity contribution < 1.29 is 33.8 Å². The minimum Gasteiger partial charge on any atom is -0.450 e. The number of hydrogen-bond acceptors (Lipinski definition) is 6. The fourth-order valence-electron chi connectivity index (χ4n) is 2.82. The second kappa shape index (κ2) is 9.26. The normalized spacial score (nSPS) is 18.7. The summed E-state index contributed by atoms with van der Waals surface area (Å²) in [6.45, 7) is 4.71. The van der Waals surface area contributed by atoms with Gasteiger partial charge in [0.15, 0.2) is 6.23 Å². The molecule has 29 heavy (non-hydrogen) atoms. The highest BCUT2D eigenvalue weighted by Crippen LogP contribution is 2.20. The molecule has 10 nitrogen and oxygen atoms in total. The van der Waals surface area contributed by atoms with Gasteiger partial charge in [0.1, 0.15) is 12.1 Å². The molecule has 0 aromatic heterocycles. The molecule has 0 unspecified atom stereocenters. The molecule has 1 aromatic carbocycles. The fourth-order valence-corrected chi connectivity index (χ4v) is 2.82. The van der Waals surface area contributed by atoms with Crippen molar-refractivity contribution in [3.8, 4) is 0 Å². The SMILES string of the molecule is CC(C)(C)OC(=O)NCC(=O)N1C[C@H](NC(=O)c2ccccc2)C[C@@H]1OC(=O)O. The lowest BCUT2D eigenvalue weighted by molar-refractivity contribution is -0.137. The maximum Gasteiger partial charge on any atom is 0.507 e. The van der Waals surface area contributed by atoms with E-state index in [1.54, 1.807) is 51.1 Å². The number of carbonyl (C=O) groups is 4. The maximum absolute atomic E-state index is 12.5. The zero-order chi connectivity index (χ0) is 21.6. The number of benzene rings is 1. The number of nitrogens with zero attached hydrogens (tertiary/aromatic N) is 1. The van der Waals surface area contributed by atoms with E-state index in [0.717, 1.165) is 0 Å². The Bertz CT molecular complexity index is 761. The summed E-state index contributed by atoms with van der Waals surface area (Å²) in [5.74, 6) is -0.899. The van der Waals surface area contributed by atoms with E-state index in [2.05, 4.69) is 10.6 Å². The van der Waals surface area contributed by atoms with Gasteiger partial charge in [-0.1, -0.05) is 18.2 Å². The Labute approximate surface area is 168 Å². The number of likely N-dealkylation sites (tertiary alicyclic amines) is 1. The van der Waals surface area contributed by atoms with Crippen LogP contribution >= 0.6 is 0 Å². The third-order valence-corrected chi connectivity index (χ3v) is 3.96. The molecule has 0 bridgehead atoms. The number of alkyl carbamates (subject to hydrolysis) is 1. The van der Waals surface area contributed by atoms with E-state index in [-0.39, 0.29) is 18.9 Å². The summed E-state index contributed by atoms with van der Waals surface area (Å²) in [5, 5.41) is 14.0. The topological polar surface area (TPSA) is 134 Å². The largest absolute Gasteiger partial charge is 0.507 e. The summed E-state index contributed by atoms with van der Waals surface area (Å²) in [6, 6.07) is 8.00. The molecule has 10 heteroatoms. The van der Waals surface area contributed by atoms with Crippen LogP contribution in [-0.4, -0.2) is 65.0 Å². The van der Waals surface area contributed by atoms with E-state index in [0.29, 0.717) is 5.56 Å². The number of amides is 3. The van der Waals surface area contributed by atoms with E-state index in [4.69, 9.17) is 14.6 Å². The Morgan fingerprint density at radius 3 is 2.41 bits per heavy atom. The second-order valence-corrected chi connectivity index (χ2v) is 7.51. The minimum atomic E-state index is -1.54. The number of nitrogens with one attached hydrogen (secondary N) is 2. The van der Waals surface area contributed by atoms with Gasteiger partial charge < -0.3 is 30.1 Å². The average molecular weight is 407 g/mol. The standard InChI is InChI=1S/C19H25N3O7/c1-19(2,3)29-17(25)20-10-14(23)22-11-13(9-15(22)28-18(26)27)21-16(24)12-7-5-4-6-8-12/h4-8,13,15H,9-11H2,1-3H3,(H,20,25)(H,21,24)(H,26,27)/t13-,15+/m1/s1. The predicted molar refractivity (Wildman–Crippen MR) is 101 cm³/mol. The zero-order valence-corrected chi connectivity index (χ0v) is 16.5. The van der Waals surface area contributed by atoms with Gasteiger partial charge in [0.25, 0.3) is 5.91 Å². The van der Waals surface area contributed by atoms with Crippen LogP contribution in [-0.2, 0) is 14.3 Å². The highest BCUT2D eigenvalue weighted by molar-refractivity contribution is 5.94. The third kappa shape index (κ3) is 6.98. The van der Waals surface area contributed by atoms with E-state index < -0.39 is 42.6 Å². The van der Waals surface area contributed by atoms with Crippen LogP contribution in [0, 0.1) is 0 Å². The zero-order valence-electron chi connectivity index (χ0n) is 16.5. The molecule has 0 radical (unpaired) electrons. The van der Waals surface area contributed by atoms with Gasteiger partial charge in [-0.3, -0.25) is 9.59 Å². The molecule has 3 amide bonds. The molecule has 0 spiro atoms. The van der Waals surface area contributed by atoms with E-state index >= 15 is 0 Å². The number of ether oxygens (including phenoxy) is 2. The van der Waals surface area contributed by atoms with Crippen LogP contribution < -0.4 is 10.6 Å². The first-order chi connectivity index (χ1) is 13.5. The van der Waals surface area contributed by atoms with Crippen molar-refractivity contribution in [3.63, 3.8) is 0 Å². The summed E-state index contributed by atoms with van der Waals surface area (Å²) in [4.78, 5) is 48.6. The first kappa shape index (κ1) is 22.0. The van der Waals surface area contributed by atoms with Gasteiger partial charge in [0.2, 0.25) is 5.91 Å². The average Bonchev–Trinajstić information content (AvgIpc) is 3.00. The lowest BCUT2D eigenvalue weighted by Gasteiger charge is -2.24. The van der Waals surface area contributed by atoms with Crippen LogP contribution in [0.2, 0.25) is 0 Å². The van der Waals surface area contributed by atoms with Crippen molar-refractivity contribution in [3.05, 3.63) is 35.9 Å². The van der Waals surface area contributed by atoms with Crippen molar-refractivity contribution in [1.82, 2.24) is 15.5 Å². The molecule has 2 atom stereocenters. The van der Waals surface area contributed by atoms with Gasteiger partial charge in [-0.15, -0.1) is 0 Å². The second-order valence-electron chi connectivity index (χ2n) is 7.51. The first-order valence-corrected chi connectivity index (χ1v) is 9.07. The molecule has 1 heterocycles. The Kier molecular flexibility index (Phi) is 7.03. The van der Waals surface area contributed by atoms with Crippen molar-refractivity contribution in [2.75, 3.05) is 13.1 Å². The van der Waals surface area contributed by atoms with Crippen molar-refractivity contribution in [2.45, 2.75) is 45.1 Å². The third-order valence-electron chi connectivity index (χ3n) is 3.96. The minimum absolute atomic E-state index is 0.0470. The molecule has 1 aromatic rings. The lowest BCUT2D eigenvalue weighted by atomic mass is 10.2. The van der Waals surface area contributed by atoms with Crippen LogP contribution in [0.3, 0.4) is 0 Å². The number of rotatable bonds is 5. The molecule has 0 saturated carbocycles. The smallest absolute Gasteiger partial charge is 0.450 e. The lowest BCUT2D eigenvalue weighted by Crippen LogP contribution is -2.45. The number of carboxylic acid groups (broad SMARTS) is 1. The van der Waals surface area contributed by atoms with Gasteiger partial charge in [0, 0.05) is 18.5 Å². The molecular weight excluding hydrogens is 382 g/mol. The molecule has 3 N–H and O–H groups in total. The monoisotopic (exact) mass is 407 g/mol. The van der Waals surface area contributed by atoms with Crippen molar-refractivity contribution >= 4 is 24.1 Å². The van der Waals surface area contributed by atoms with Gasteiger partial charge in [0.05, 0.1) is 6.04 Å². The van der Waals surface area contributed by atoms with Crippen LogP contribution in [0.5, 0.6) is 0 Å². The van der Waals surface area contributed by atoms with Gasteiger partial charge in [-0.05, 0) is 32.9 Å². The highest BCUT2D eigenvalue weighted by Gasteiger charge is 2.38. The Morgan fingerprint density at radius 1 is 1.17 bits per heavy atom. The summed E-state index contributed by atoms with van der Waals surface area (Å²) < 4.78 is 9.84. The van der Waals surface area contributed by atoms with Crippen molar-refractivity contribution in [2.24, 2.45) is 0 Å². The Morgan fingerprint density at radius 2 is 1.83 bits per heavy atom. The fraction of sp³-hybridized carbons (Fsp3) is 0.474. The highest BCUT2D eigenvalue weighted by atomic mass is 16.7. The quantitative estimate of drug-likeness (QED) is 0.631. The summed E-state index contributed by atoms with van der Waals surface area (Å²) >= 11 is 0. The molecular formula is C19H25N3O7. The molecule has 1 fully saturated rings. The number of hydrogen-bond donors (Lipinski definition) is 3. The van der Waals surface area contributed by atoms with Crippen LogP contribution in [0.25, 0.3) is 0 Å². The molecule has 2 rings (SSSR count). The van der Waals surface area contributed by atoms with Gasteiger partial charge in [-0.2, -0.15) is 0 Å². The number of carbonyl (C=O) groups excluding carboxylic acids is 3. The molecule has 1 aliphatic rings. The Hall–Kier alpha value is -3.30. The van der Waals surface area contributed by atoms with Gasteiger partial charge >= 0.3 is 12.2 Å². The Balaban J connectivity index is 1.97. The molecule has 158 valence electrons. The maximum atomic E-state index is 12.5. The summed E-state index contributed by atoms with van der Waals surface area (Å²) in [7, 11) is 0. The van der Waals surface area contributed by atoms with Crippen LogP contribution in [0.4, 0.5) is 9.59 Å².